The van der Waals surface area contributed by atoms with Crippen molar-refractivity contribution < 1.29 is 9.53 Å². The summed E-state index contributed by atoms with van der Waals surface area (Å²) >= 11 is 0. The van der Waals surface area contributed by atoms with Crippen molar-refractivity contribution in [1.29, 1.82) is 0 Å². The lowest BCUT2D eigenvalue weighted by Crippen LogP contribution is -2.40. The minimum absolute atomic E-state index is 0.195. The molecule has 1 aliphatic rings. The van der Waals surface area contributed by atoms with E-state index in [2.05, 4.69) is 6.92 Å². The second-order valence-electron chi connectivity index (χ2n) is 5.54. The van der Waals surface area contributed by atoms with Crippen molar-refractivity contribution in [3.8, 4) is 0 Å². The van der Waals surface area contributed by atoms with E-state index in [0.29, 0.717) is 12.5 Å². The zero-order valence-corrected chi connectivity index (χ0v) is 10.8. The van der Waals surface area contributed by atoms with E-state index >= 15 is 0 Å². The predicted molar refractivity (Wildman–Crippen MR) is 64.2 cm³/mol. The van der Waals surface area contributed by atoms with E-state index in [-0.39, 0.29) is 12.1 Å². The molecule has 1 saturated heterocycles. The third-order valence-electron chi connectivity index (χ3n) is 3.08. The molecule has 0 aliphatic carbocycles. The van der Waals surface area contributed by atoms with Crippen LogP contribution in [-0.4, -0.2) is 35.7 Å². The van der Waals surface area contributed by atoms with Crippen molar-refractivity contribution in [2.45, 2.75) is 52.2 Å². The Hall–Kier alpha value is -0.770. The van der Waals surface area contributed by atoms with Gasteiger partial charge in [-0.3, -0.25) is 0 Å². The number of likely N-dealkylation sites (tertiary alicyclic amines) is 1. The zero-order chi connectivity index (χ0) is 12.3. The highest BCUT2D eigenvalue weighted by atomic mass is 16.6. The Balaban J connectivity index is 2.53. The topological polar surface area (TPSA) is 55.6 Å². The van der Waals surface area contributed by atoms with Crippen molar-refractivity contribution >= 4 is 6.09 Å². The Morgan fingerprint density at radius 3 is 2.62 bits per heavy atom. The van der Waals surface area contributed by atoms with Gasteiger partial charge in [0.2, 0.25) is 0 Å². The maximum absolute atomic E-state index is 11.9. The lowest BCUT2D eigenvalue weighted by atomic mass is 9.98. The molecular formula is C12H24N2O2. The van der Waals surface area contributed by atoms with Crippen molar-refractivity contribution in [2.24, 2.45) is 11.7 Å². The van der Waals surface area contributed by atoms with E-state index in [4.69, 9.17) is 10.5 Å². The lowest BCUT2D eigenvalue weighted by Gasteiger charge is -2.28. The predicted octanol–water partition coefficient (Wildman–Crippen LogP) is 1.98. The van der Waals surface area contributed by atoms with Gasteiger partial charge in [0.15, 0.2) is 0 Å². The van der Waals surface area contributed by atoms with E-state index < -0.39 is 5.60 Å². The number of rotatable bonds is 2. The molecule has 0 bridgehead atoms. The largest absolute Gasteiger partial charge is 0.444 e. The number of nitrogens with zero attached hydrogens (tertiary/aromatic N) is 1. The van der Waals surface area contributed by atoms with Gasteiger partial charge < -0.3 is 15.4 Å². The van der Waals surface area contributed by atoms with Crippen LogP contribution in [0.4, 0.5) is 4.79 Å². The van der Waals surface area contributed by atoms with Crippen LogP contribution in [0, 0.1) is 5.92 Å². The molecule has 0 radical (unpaired) electrons. The number of carbonyl (C=O) groups excluding carboxylic acids is 1. The molecular weight excluding hydrogens is 204 g/mol. The summed E-state index contributed by atoms with van der Waals surface area (Å²) in [4.78, 5) is 13.7. The van der Waals surface area contributed by atoms with E-state index in [0.717, 1.165) is 19.4 Å². The summed E-state index contributed by atoms with van der Waals surface area (Å²) in [6.45, 7) is 9.24. The van der Waals surface area contributed by atoms with Gasteiger partial charge in [-0.05, 0) is 53.0 Å². The molecule has 1 rings (SSSR count). The first-order chi connectivity index (χ1) is 7.35. The van der Waals surface area contributed by atoms with Gasteiger partial charge in [0.25, 0.3) is 0 Å². The molecule has 0 saturated carbocycles. The molecule has 1 heterocycles. The molecule has 4 nitrogen and oxygen atoms in total. The first-order valence-corrected chi connectivity index (χ1v) is 6.05. The molecule has 1 amide bonds. The van der Waals surface area contributed by atoms with Crippen LogP contribution in [0.2, 0.25) is 0 Å². The molecule has 0 aromatic carbocycles. The summed E-state index contributed by atoms with van der Waals surface area (Å²) in [6, 6.07) is 0.249. The second-order valence-corrected chi connectivity index (χ2v) is 5.54. The number of nitrogens with two attached hydrogens (primary N) is 1. The van der Waals surface area contributed by atoms with Gasteiger partial charge in [-0.2, -0.15) is 0 Å². The molecule has 94 valence electrons. The maximum Gasteiger partial charge on any atom is 0.410 e. The van der Waals surface area contributed by atoms with Crippen molar-refractivity contribution in [2.75, 3.05) is 13.1 Å². The summed E-state index contributed by atoms with van der Waals surface area (Å²) < 4.78 is 5.37. The highest BCUT2D eigenvalue weighted by Gasteiger charge is 2.35. The van der Waals surface area contributed by atoms with E-state index in [1.165, 1.54) is 0 Å². The number of carbonyl (C=O) groups is 1. The molecule has 0 aromatic heterocycles. The molecule has 0 spiro atoms. The van der Waals surface area contributed by atoms with Gasteiger partial charge >= 0.3 is 6.09 Å². The van der Waals surface area contributed by atoms with Crippen molar-refractivity contribution in [1.82, 2.24) is 4.90 Å². The van der Waals surface area contributed by atoms with Gasteiger partial charge in [-0.1, -0.05) is 0 Å². The van der Waals surface area contributed by atoms with Gasteiger partial charge in [0, 0.05) is 12.6 Å². The third kappa shape index (κ3) is 3.37. The average Bonchev–Trinajstić information content (AvgIpc) is 2.46. The molecule has 1 fully saturated rings. The Kier molecular flexibility index (Phi) is 4.19. The van der Waals surface area contributed by atoms with Crippen LogP contribution in [0.1, 0.15) is 40.5 Å². The molecule has 4 heteroatoms. The number of ether oxygens (including phenoxy) is 1. The van der Waals surface area contributed by atoms with Crippen LogP contribution in [-0.2, 0) is 4.74 Å². The van der Waals surface area contributed by atoms with Gasteiger partial charge in [-0.25, -0.2) is 4.79 Å². The second kappa shape index (κ2) is 5.04. The van der Waals surface area contributed by atoms with E-state index in [9.17, 15) is 4.79 Å². The quantitative estimate of drug-likeness (QED) is 0.786. The third-order valence-corrected chi connectivity index (χ3v) is 3.08. The minimum Gasteiger partial charge on any atom is -0.444 e. The SMILES string of the molecule is CC1C(CCN)CCN1C(=O)OC(C)(C)C. The first kappa shape index (κ1) is 13.3. The van der Waals surface area contributed by atoms with Crippen molar-refractivity contribution in [3.63, 3.8) is 0 Å². The van der Waals surface area contributed by atoms with Crippen molar-refractivity contribution in [3.05, 3.63) is 0 Å². The van der Waals surface area contributed by atoms with Crippen LogP contribution in [0.15, 0.2) is 0 Å². The minimum atomic E-state index is -0.414. The Morgan fingerprint density at radius 2 is 2.12 bits per heavy atom. The van der Waals surface area contributed by atoms with Gasteiger partial charge in [0.1, 0.15) is 5.60 Å². The molecule has 2 unspecified atom stereocenters. The molecule has 16 heavy (non-hydrogen) atoms. The standard InChI is InChI=1S/C12H24N2O2/c1-9-10(5-7-13)6-8-14(9)11(15)16-12(2,3)4/h9-10H,5-8,13H2,1-4H3. The zero-order valence-electron chi connectivity index (χ0n) is 10.8. The Labute approximate surface area is 98.1 Å². The fourth-order valence-electron chi connectivity index (χ4n) is 2.18. The summed E-state index contributed by atoms with van der Waals surface area (Å²) in [7, 11) is 0. The summed E-state index contributed by atoms with van der Waals surface area (Å²) in [5.74, 6) is 0.525. The Morgan fingerprint density at radius 1 is 1.50 bits per heavy atom. The van der Waals surface area contributed by atoms with Crippen LogP contribution in [0.3, 0.4) is 0 Å². The fourth-order valence-corrected chi connectivity index (χ4v) is 2.18. The molecule has 2 N–H and O–H groups in total. The van der Waals surface area contributed by atoms with Crippen LogP contribution in [0.5, 0.6) is 0 Å². The molecule has 2 atom stereocenters. The number of amides is 1. The molecule has 1 aliphatic heterocycles. The lowest BCUT2D eigenvalue weighted by molar-refractivity contribution is 0.0221. The Bertz CT molecular complexity index is 248. The monoisotopic (exact) mass is 228 g/mol. The highest BCUT2D eigenvalue weighted by molar-refractivity contribution is 5.68. The van der Waals surface area contributed by atoms with Crippen LogP contribution < -0.4 is 5.73 Å². The normalized spacial score (nSPS) is 25.9. The van der Waals surface area contributed by atoms with E-state index in [1.807, 2.05) is 25.7 Å². The summed E-state index contributed by atoms with van der Waals surface area (Å²) in [5.41, 5.74) is 5.15. The average molecular weight is 228 g/mol. The highest BCUT2D eigenvalue weighted by Crippen LogP contribution is 2.27. The van der Waals surface area contributed by atoms with Gasteiger partial charge in [0.05, 0.1) is 0 Å². The number of hydrogen-bond acceptors (Lipinski definition) is 3. The molecule has 0 aromatic rings. The van der Waals surface area contributed by atoms with E-state index in [1.54, 1.807) is 0 Å². The fraction of sp³-hybridized carbons (Fsp3) is 0.917. The smallest absolute Gasteiger partial charge is 0.410 e. The summed E-state index contributed by atoms with van der Waals surface area (Å²) in [6.07, 6.45) is 1.83. The first-order valence-electron chi connectivity index (χ1n) is 6.05. The summed E-state index contributed by atoms with van der Waals surface area (Å²) in [5, 5.41) is 0. The van der Waals surface area contributed by atoms with Crippen LogP contribution >= 0.6 is 0 Å². The maximum atomic E-state index is 11.9. The van der Waals surface area contributed by atoms with Crippen LogP contribution in [0.25, 0.3) is 0 Å². The number of hydrogen-bond donors (Lipinski definition) is 1. The van der Waals surface area contributed by atoms with Gasteiger partial charge in [-0.15, -0.1) is 0 Å².